The van der Waals surface area contributed by atoms with Crippen LogP contribution in [-0.2, 0) is 21.7 Å². The topological polar surface area (TPSA) is 26.1 Å². The Kier molecular flexibility index (Phi) is 13.1. The Hall–Kier alpha value is -1.25. The van der Waals surface area contributed by atoms with E-state index in [1.807, 2.05) is 60.7 Å². The number of hydrogen-bond donors (Lipinski definition) is 1. The molecule has 0 bridgehead atoms. The molecule has 3 heteroatoms. The molecule has 2 aromatic rings. The molecule has 2 aliphatic carbocycles. The van der Waals surface area contributed by atoms with Crippen molar-refractivity contribution in [3.8, 4) is 0 Å². The molecule has 0 saturated heterocycles. The Morgan fingerprint density at radius 2 is 0.880 bits per heavy atom. The predicted octanol–water partition coefficient (Wildman–Crippen LogP) is 7.62. The zero-order chi connectivity index (χ0) is 16.7. The molecule has 0 spiro atoms. The van der Waals surface area contributed by atoms with Gasteiger partial charge < -0.3 is 10.9 Å². The van der Waals surface area contributed by atoms with Crippen LogP contribution in [0.5, 0.6) is 0 Å². The summed E-state index contributed by atoms with van der Waals surface area (Å²) in [6.07, 6.45) is 15.0. The molecule has 131 valence electrons. The minimum absolute atomic E-state index is 0. The molecule has 1 radical (unpaired) electrons. The van der Waals surface area contributed by atoms with Gasteiger partial charge in [-0.1, -0.05) is 113 Å². The van der Waals surface area contributed by atoms with Crippen LogP contribution in [0.3, 0.4) is 0 Å². The van der Waals surface area contributed by atoms with Crippen molar-refractivity contribution < 1.29 is 21.7 Å². The third-order valence-corrected chi connectivity index (χ3v) is 4.34. The summed E-state index contributed by atoms with van der Waals surface area (Å²) in [7, 11) is 0. The van der Waals surface area contributed by atoms with Crippen molar-refractivity contribution in [3.05, 3.63) is 66.1 Å². The van der Waals surface area contributed by atoms with E-state index in [9.17, 15) is 0 Å². The molecule has 2 aliphatic rings. The minimum Gasteiger partial charge on any atom is -0.598 e. The molecule has 2 saturated carbocycles. The number of rotatable bonds is 3. The average molecular weight is 373 g/mol. The molecule has 4 rings (SSSR count). The SMILES string of the molecule is C1CCCC1.C1CCCC1.[Ti+3].c1ccc([15N-][15NH]c2ccccc2)cc1. The van der Waals surface area contributed by atoms with Gasteiger partial charge in [-0.15, -0.1) is 5.69 Å². The Morgan fingerprint density at radius 1 is 0.520 bits per heavy atom. The van der Waals surface area contributed by atoms with Gasteiger partial charge in [-0.2, -0.15) is 0 Å². The van der Waals surface area contributed by atoms with E-state index in [4.69, 9.17) is 0 Å². The summed E-state index contributed by atoms with van der Waals surface area (Å²) in [6.45, 7) is 0. The van der Waals surface area contributed by atoms with Crippen LogP contribution >= 0.6 is 0 Å². The molecule has 25 heavy (non-hydrogen) atoms. The Bertz CT molecular complexity index is 443. The summed E-state index contributed by atoms with van der Waals surface area (Å²) >= 11 is 0. The van der Waals surface area contributed by atoms with Crippen LogP contribution in [-0.4, -0.2) is 0 Å². The summed E-state index contributed by atoms with van der Waals surface area (Å²) < 4.78 is 0. The van der Waals surface area contributed by atoms with Crippen LogP contribution in [0.25, 0.3) is 5.43 Å². The van der Waals surface area contributed by atoms with Crippen molar-refractivity contribution in [2.75, 3.05) is 5.43 Å². The van der Waals surface area contributed by atoms with Crippen LogP contribution in [0, 0.1) is 0 Å². The predicted molar refractivity (Wildman–Crippen MR) is 106 cm³/mol. The molecule has 1 N–H and O–H groups in total. The van der Waals surface area contributed by atoms with Gasteiger partial charge in [-0.25, -0.2) is 0 Å². The molecule has 0 aromatic heterocycles. The maximum absolute atomic E-state index is 4.23. The molecule has 2 aromatic carbocycles. The van der Waals surface area contributed by atoms with Crippen molar-refractivity contribution >= 4 is 11.4 Å². The summed E-state index contributed by atoms with van der Waals surface area (Å²) in [5.74, 6) is 0. The average Bonchev–Trinajstić information content (AvgIpc) is 3.40. The van der Waals surface area contributed by atoms with E-state index >= 15 is 0 Å². The summed E-state index contributed by atoms with van der Waals surface area (Å²) in [5.41, 5.74) is 9.14. The van der Waals surface area contributed by atoms with E-state index in [0.29, 0.717) is 0 Å². The third-order valence-electron chi connectivity index (χ3n) is 4.34. The maximum atomic E-state index is 4.23. The van der Waals surface area contributed by atoms with Crippen molar-refractivity contribution in [3.63, 3.8) is 0 Å². The number of nitrogens with one attached hydrogen (secondary N) is 1. The van der Waals surface area contributed by atoms with Gasteiger partial charge in [-0.3, -0.25) is 0 Å². The molecule has 2 fully saturated rings. The van der Waals surface area contributed by atoms with Crippen LogP contribution in [0.2, 0.25) is 0 Å². The first kappa shape index (κ1) is 21.8. The Balaban J connectivity index is 0.000000233. The van der Waals surface area contributed by atoms with Crippen molar-refractivity contribution in [2.45, 2.75) is 64.2 Å². The van der Waals surface area contributed by atoms with Gasteiger partial charge in [0.1, 0.15) is 0 Å². The first-order chi connectivity index (χ1) is 11.9. The molecule has 0 atom stereocenters. The third kappa shape index (κ3) is 11.1. The second-order valence-electron chi connectivity index (χ2n) is 6.46. The van der Waals surface area contributed by atoms with E-state index in [1.165, 1.54) is 64.2 Å². The van der Waals surface area contributed by atoms with Crippen LogP contribution in [0.1, 0.15) is 64.2 Å². The number of anilines is 1. The van der Waals surface area contributed by atoms with Gasteiger partial charge in [0.05, 0.1) is 0 Å². The molecule has 0 amide bonds. The maximum Gasteiger partial charge on any atom is 3.00 e. The monoisotopic (exact) mass is 373 g/mol. The smallest absolute Gasteiger partial charge is 0.598 e. The zero-order valence-corrected chi connectivity index (χ0v) is 16.9. The van der Waals surface area contributed by atoms with Crippen LogP contribution in [0.15, 0.2) is 60.7 Å². The Labute approximate surface area is 168 Å². The standard InChI is InChI=1S/C12H11N2.2C5H10.Ti/c1-3-7-11(8-4-1)13-14-12-9-5-2-6-10-12;2*1-2-4-5-3-1;/h1-10,13H;2*1-5H2;/q-1;;;+3/i13+1,14+1;;;. The summed E-state index contributed by atoms with van der Waals surface area (Å²) in [6, 6.07) is 19.7. The number of para-hydroxylation sites is 2. The van der Waals surface area contributed by atoms with Gasteiger partial charge in [0.2, 0.25) is 0 Å². The molecular weight excluding hydrogens is 342 g/mol. The van der Waals surface area contributed by atoms with Gasteiger partial charge in [0, 0.05) is 5.69 Å². The van der Waals surface area contributed by atoms with E-state index in [2.05, 4.69) is 10.9 Å². The zero-order valence-electron chi connectivity index (χ0n) is 15.3. The molecule has 0 aliphatic heterocycles. The molecule has 0 unspecified atom stereocenters. The fourth-order valence-electron chi connectivity index (χ4n) is 2.91. The molecule has 0 heterocycles. The van der Waals surface area contributed by atoms with Crippen molar-refractivity contribution in [2.24, 2.45) is 0 Å². The first-order valence-corrected chi connectivity index (χ1v) is 9.52. The quantitative estimate of drug-likeness (QED) is 0.334. The van der Waals surface area contributed by atoms with Gasteiger partial charge >= 0.3 is 21.7 Å². The van der Waals surface area contributed by atoms with E-state index in [-0.39, 0.29) is 21.7 Å². The van der Waals surface area contributed by atoms with Gasteiger partial charge in [0.15, 0.2) is 0 Å². The minimum atomic E-state index is 0. The largest absolute Gasteiger partial charge is 3.00 e. The van der Waals surface area contributed by atoms with E-state index in [1.54, 1.807) is 0 Å². The van der Waals surface area contributed by atoms with Crippen molar-refractivity contribution in [1.82, 2.24) is 0 Å². The fraction of sp³-hybridized carbons (Fsp3) is 0.455. The first-order valence-electron chi connectivity index (χ1n) is 9.52. The summed E-state index contributed by atoms with van der Waals surface area (Å²) in [5, 5.41) is 0. The van der Waals surface area contributed by atoms with Gasteiger partial charge in [-0.05, 0) is 12.1 Å². The number of hydrogen-bond acceptors (Lipinski definition) is 1. The van der Waals surface area contributed by atoms with Crippen molar-refractivity contribution in [1.29, 1.82) is 0 Å². The molecule has 2 nitrogen and oxygen atoms in total. The van der Waals surface area contributed by atoms with E-state index in [0.717, 1.165) is 11.4 Å². The number of benzene rings is 2. The second-order valence-corrected chi connectivity index (χ2v) is 6.46. The van der Waals surface area contributed by atoms with E-state index < -0.39 is 0 Å². The number of nitrogens with zero attached hydrogens (tertiary/aromatic N) is 1. The second kappa shape index (κ2) is 15.0. The van der Waals surface area contributed by atoms with Gasteiger partial charge in [0.25, 0.3) is 0 Å². The fourth-order valence-corrected chi connectivity index (χ4v) is 2.91. The normalized spacial score (nSPS) is 14.9. The van der Waals surface area contributed by atoms with Crippen LogP contribution < -0.4 is 5.43 Å². The van der Waals surface area contributed by atoms with Crippen LogP contribution in [0.4, 0.5) is 11.4 Å². The summed E-state index contributed by atoms with van der Waals surface area (Å²) in [4.78, 5) is 0. The Morgan fingerprint density at radius 3 is 1.28 bits per heavy atom. The molecular formula is C22H31N2Ti+2.